The summed E-state index contributed by atoms with van der Waals surface area (Å²) in [6, 6.07) is 7.82. The lowest BCUT2D eigenvalue weighted by molar-refractivity contribution is 0.0529. The summed E-state index contributed by atoms with van der Waals surface area (Å²) in [4.78, 5) is 14.4. The summed E-state index contributed by atoms with van der Waals surface area (Å²) >= 11 is 5.19. The summed E-state index contributed by atoms with van der Waals surface area (Å²) in [5, 5.41) is 2.68. The lowest BCUT2D eigenvalue weighted by Crippen LogP contribution is -2.32. The maximum Gasteiger partial charge on any atom is 0.407 e. The normalized spacial score (nSPS) is 10.6. The number of H-pyrrole nitrogens is 1. The van der Waals surface area contributed by atoms with Crippen molar-refractivity contribution in [1.29, 1.82) is 0 Å². The number of aromatic nitrogens is 2. The molecule has 0 saturated carbocycles. The number of aromatic amines is 1. The molecule has 5 nitrogen and oxygen atoms in total. The second-order valence-electron chi connectivity index (χ2n) is 6.16. The van der Waals surface area contributed by atoms with Crippen LogP contribution in [-0.2, 0) is 4.74 Å². The molecule has 126 valence electrons. The van der Waals surface area contributed by atoms with Gasteiger partial charge >= 0.3 is 6.09 Å². The van der Waals surface area contributed by atoms with Gasteiger partial charge in [-0.25, -0.2) is 4.79 Å². The van der Waals surface area contributed by atoms with Crippen LogP contribution in [-0.4, -0.2) is 27.8 Å². The van der Waals surface area contributed by atoms with E-state index in [-0.39, 0.29) is 0 Å². The standard InChI is InChI=1S/C18H21N3O2S/c1-18(2,3)23-17(22)20-11-5-4-6-14-7-9-15(10-8-14)21-13-12-19-16(21)24/h7-10,12-13H,5,11H2,1-3H3,(H,19,24)(H,20,22). The Morgan fingerprint density at radius 2 is 2.04 bits per heavy atom. The van der Waals surface area contributed by atoms with Crippen molar-refractivity contribution in [1.82, 2.24) is 14.9 Å². The SMILES string of the molecule is CC(C)(C)OC(=O)NCCC#Cc1ccc(-n2cc[nH]c2=S)cc1. The molecule has 1 amide bonds. The average Bonchev–Trinajstić information content (AvgIpc) is 2.92. The van der Waals surface area contributed by atoms with E-state index in [1.165, 1.54) is 0 Å². The van der Waals surface area contributed by atoms with E-state index in [2.05, 4.69) is 22.1 Å². The highest BCUT2D eigenvalue weighted by Crippen LogP contribution is 2.09. The van der Waals surface area contributed by atoms with Crippen LogP contribution in [0.5, 0.6) is 0 Å². The first-order valence-electron chi connectivity index (χ1n) is 7.67. The van der Waals surface area contributed by atoms with Crippen LogP contribution in [0.3, 0.4) is 0 Å². The summed E-state index contributed by atoms with van der Waals surface area (Å²) < 4.78 is 7.69. The van der Waals surface area contributed by atoms with Gasteiger partial charge < -0.3 is 15.0 Å². The Labute approximate surface area is 147 Å². The second-order valence-corrected chi connectivity index (χ2v) is 6.55. The lowest BCUT2D eigenvalue weighted by Gasteiger charge is -2.19. The first-order chi connectivity index (χ1) is 11.3. The summed E-state index contributed by atoms with van der Waals surface area (Å²) in [5.74, 6) is 6.10. The topological polar surface area (TPSA) is 59.0 Å². The maximum absolute atomic E-state index is 11.5. The third-order valence-electron chi connectivity index (χ3n) is 2.95. The molecule has 0 radical (unpaired) electrons. The van der Waals surface area contributed by atoms with Crippen LogP contribution in [0.25, 0.3) is 5.69 Å². The molecule has 0 aliphatic heterocycles. The number of nitrogens with one attached hydrogen (secondary N) is 2. The zero-order chi connectivity index (χ0) is 17.6. The largest absolute Gasteiger partial charge is 0.444 e. The Hall–Kier alpha value is -2.52. The zero-order valence-corrected chi connectivity index (χ0v) is 14.9. The minimum atomic E-state index is -0.486. The highest BCUT2D eigenvalue weighted by molar-refractivity contribution is 7.71. The highest BCUT2D eigenvalue weighted by atomic mass is 32.1. The number of benzene rings is 1. The van der Waals surface area contributed by atoms with Gasteiger partial charge in [0.15, 0.2) is 4.77 Å². The van der Waals surface area contributed by atoms with Crippen LogP contribution < -0.4 is 5.32 Å². The molecule has 2 N–H and O–H groups in total. The third-order valence-corrected chi connectivity index (χ3v) is 3.26. The lowest BCUT2D eigenvalue weighted by atomic mass is 10.2. The van der Waals surface area contributed by atoms with Crippen LogP contribution in [0.1, 0.15) is 32.8 Å². The number of carbonyl (C=O) groups is 1. The molecule has 0 spiro atoms. The van der Waals surface area contributed by atoms with E-state index in [1.54, 1.807) is 6.20 Å². The predicted octanol–water partition coefficient (Wildman–Crippen LogP) is 3.80. The summed E-state index contributed by atoms with van der Waals surface area (Å²) in [7, 11) is 0. The van der Waals surface area contributed by atoms with Crippen molar-refractivity contribution in [2.45, 2.75) is 32.8 Å². The number of imidazole rings is 1. The van der Waals surface area contributed by atoms with Gasteiger partial charge in [-0.2, -0.15) is 0 Å². The van der Waals surface area contributed by atoms with Crippen LogP contribution in [0.4, 0.5) is 4.79 Å². The minimum Gasteiger partial charge on any atom is -0.444 e. The molecule has 2 rings (SSSR count). The van der Waals surface area contributed by atoms with Crippen molar-refractivity contribution in [3.8, 4) is 17.5 Å². The molecule has 0 aliphatic rings. The van der Waals surface area contributed by atoms with E-state index < -0.39 is 11.7 Å². The average molecular weight is 343 g/mol. The summed E-state index contributed by atoms with van der Waals surface area (Å²) in [6.07, 6.45) is 3.82. The van der Waals surface area contributed by atoms with Gasteiger partial charge in [0.05, 0.1) is 0 Å². The fraction of sp³-hybridized carbons (Fsp3) is 0.333. The Bertz CT molecular complexity index is 802. The monoisotopic (exact) mass is 343 g/mol. The molecule has 0 fully saturated rings. The van der Waals surface area contributed by atoms with E-state index >= 15 is 0 Å². The second kappa shape index (κ2) is 7.84. The molecule has 6 heteroatoms. The minimum absolute atomic E-state index is 0.420. The third kappa shape index (κ3) is 5.60. The Kier molecular flexibility index (Phi) is 5.83. The van der Waals surface area contributed by atoms with E-state index in [0.29, 0.717) is 17.7 Å². The molecule has 24 heavy (non-hydrogen) atoms. The van der Waals surface area contributed by atoms with Crippen LogP contribution in [0, 0.1) is 16.6 Å². The smallest absolute Gasteiger partial charge is 0.407 e. The van der Waals surface area contributed by atoms with E-state index in [0.717, 1.165) is 11.3 Å². The van der Waals surface area contributed by atoms with Crippen molar-refractivity contribution in [2.24, 2.45) is 0 Å². The summed E-state index contributed by atoms with van der Waals surface area (Å²) in [6.45, 7) is 5.95. The van der Waals surface area contributed by atoms with E-state index in [4.69, 9.17) is 17.0 Å². The molecule has 0 saturated heterocycles. The highest BCUT2D eigenvalue weighted by Gasteiger charge is 2.15. The van der Waals surface area contributed by atoms with Crippen LogP contribution >= 0.6 is 12.2 Å². The first kappa shape index (κ1) is 17.8. The van der Waals surface area contributed by atoms with Gasteiger partial charge in [-0.3, -0.25) is 4.57 Å². The molecule has 1 aromatic carbocycles. The van der Waals surface area contributed by atoms with Crippen molar-refractivity contribution in [3.63, 3.8) is 0 Å². The van der Waals surface area contributed by atoms with Gasteiger partial charge in [-0.15, -0.1) is 0 Å². The fourth-order valence-corrected chi connectivity index (χ4v) is 2.17. The number of amides is 1. The van der Waals surface area contributed by atoms with Crippen molar-refractivity contribution >= 4 is 18.3 Å². The molecule has 0 unspecified atom stereocenters. The molecular weight excluding hydrogens is 322 g/mol. The molecule has 1 aromatic heterocycles. The summed E-state index contributed by atoms with van der Waals surface area (Å²) in [5.41, 5.74) is 1.41. The first-order valence-corrected chi connectivity index (χ1v) is 8.08. The van der Waals surface area contributed by atoms with Gasteiger partial charge in [-0.1, -0.05) is 11.8 Å². The van der Waals surface area contributed by atoms with E-state index in [9.17, 15) is 4.79 Å². The van der Waals surface area contributed by atoms with Gasteiger partial charge in [0, 0.05) is 36.6 Å². The Morgan fingerprint density at radius 3 is 2.62 bits per heavy atom. The fourth-order valence-electron chi connectivity index (χ4n) is 1.93. The predicted molar refractivity (Wildman–Crippen MR) is 96.7 cm³/mol. The maximum atomic E-state index is 11.5. The molecule has 2 aromatic rings. The number of nitrogens with zero attached hydrogens (tertiary/aromatic N) is 1. The molecule has 0 atom stereocenters. The van der Waals surface area contributed by atoms with Crippen LogP contribution in [0.2, 0.25) is 0 Å². The Morgan fingerprint density at radius 1 is 1.33 bits per heavy atom. The molecule has 0 bridgehead atoms. The van der Waals surface area contributed by atoms with Gasteiger partial charge in [0.2, 0.25) is 0 Å². The van der Waals surface area contributed by atoms with Crippen molar-refractivity contribution in [2.75, 3.05) is 6.54 Å². The number of alkyl carbamates (subject to hydrolysis) is 1. The van der Waals surface area contributed by atoms with Gasteiger partial charge in [-0.05, 0) is 57.3 Å². The number of ether oxygens (including phenoxy) is 1. The van der Waals surface area contributed by atoms with E-state index in [1.807, 2.05) is 55.8 Å². The van der Waals surface area contributed by atoms with Crippen LogP contribution in [0.15, 0.2) is 36.7 Å². The molecule has 0 aliphatic carbocycles. The van der Waals surface area contributed by atoms with Crippen molar-refractivity contribution < 1.29 is 9.53 Å². The Balaban J connectivity index is 1.83. The van der Waals surface area contributed by atoms with Crippen molar-refractivity contribution in [3.05, 3.63) is 47.0 Å². The quantitative estimate of drug-likeness (QED) is 0.506. The number of carbonyl (C=O) groups excluding carboxylic acids is 1. The number of hydrogen-bond donors (Lipinski definition) is 2. The number of hydrogen-bond acceptors (Lipinski definition) is 3. The zero-order valence-electron chi connectivity index (χ0n) is 14.1. The number of rotatable bonds is 3. The van der Waals surface area contributed by atoms with Gasteiger partial charge in [0.1, 0.15) is 5.60 Å². The molecular formula is C18H21N3O2S. The molecule has 1 heterocycles. The van der Waals surface area contributed by atoms with Gasteiger partial charge in [0.25, 0.3) is 0 Å².